The van der Waals surface area contributed by atoms with Crippen LogP contribution in [0.5, 0.6) is 0 Å². The van der Waals surface area contributed by atoms with Crippen LogP contribution in [-0.2, 0) is 0 Å². The molecule has 0 heterocycles. The van der Waals surface area contributed by atoms with Crippen LogP contribution in [0.4, 0.5) is 0 Å². The molecule has 0 aliphatic heterocycles. The van der Waals surface area contributed by atoms with Crippen molar-refractivity contribution in [2.45, 2.75) is 77.3 Å². The first kappa shape index (κ1) is 11.4. The van der Waals surface area contributed by atoms with E-state index >= 15 is 0 Å². The van der Waals surface area contributed by atoms with E-state index in [1.54, 1.807) is 0 Å². The van der Waals surface area contributed by atoms with Crippen LogP contribution in [0.2, 0.25) is 0 Å². The molecule has 1 nitrogen and oxygen atoms in total. The molecule has 0 radical (unpaired) electrons. The maximum atomic E-state index is 3.86. The molecule has 0 bridgehead atoms. The van der Waals surface area contributed by atoms with Gasteiger partial charge in [-0.2, -0.15) is 0 Å². The Bertz CT molecular complexity index is 184. The second-order valence-electron chi connectivity index (χ2n) is 5.74. The Labute approximate surface area is 95.0 Å². The Morgan fingerprint density at radius 3 is 2.60 bits per heavy atom. The van der Waals surface area contributed by atoms with Gasteiger partial charge in [0.25, 0.3) is 0 Å². The normalized spacial score (nSPS) is 34.0. The van der Waals surface area contributed by atoms with Crippen molar-refractivity contribution in [3.8, 4) is 0 Å². The molecule has 88 valence electrons. The van der Waals surface area contributed by atoms with Crippen LogP contribution < -0.4 is 5.32 Å². The molecule has 0 spiro atoms. The highest BCUT2D eigenvalue weighted by Gasteiger charge is 2.37. The second kappa shape index (κ2) is 5.34. The molecule has 15 heavy (non-hydrogen) atoms. The first-order chi connectivity index (χ1) is 7.31. The quantitative estimate of drug-likeness (QED) is 0.727. The molecule has 0 aromatic carbocycles. The Morgan fingerprint density at radius 1 is 1.20 bits per heavy atom. The third kappa shape index (κ3) is 3.21. The molecular formula is C14H27N. The van der Waals surface area contributed by atoms with Crippen LogP contribution in [0.25, 0.3) is 0 Å². The average molecular weight is 209 g/mol. The maximum absolute atomic E-state index is 3.86. The van der Waals surface area contributed by atoms with Crippen molar-refractivity contribution in [1.29, 1.82) is 0 Å². The van der Waals surface area contributed by atoms with Crippen molar-refractivity contribution in [3.05, 3.63) is 0 Å². The molecule has 2 aliphatic carbocycles. The highest BCUT2D eigenvalue weighted by molar-refractivity contribution is 4.95. The zero-order chi connectivity index (χ0) is 10.7. The van der Waals surface area contributed by atoms with Crippen molar-refractivity contribution in [2.75, 3.05) is 0 Å². The minimum absolute atomic E-state index is 0.775. The summed E-state index contributed by atoms with van der Waals surface area (Å²) in [7, 11) is 0. The Kier molecular flexibility index (Phi) is 4.07. The molecule has 1 heteroatoms. The van der Waals surface area contributed by atoms with Crippen LogP contribution in [0.15, 0.2) is 0 Å². The number of hydrogen-bond acceptors (Lipinski definition) is 1. The molecule has 0 aromatic rings. The molecule has 3 atom stereocenters. The zero-order valence-corrected chi connectivity index (χ0v) is 10.5. The number of rotatable bonds is 5. The van der Waals surface area contributed by atoms with Gasteiger partial charge in [-0.25, -0.2) is 0 Å². The predicted octanol–water partition coefficient (Wildman–Crippen LogP) is 3.73. The van der Waals surface area contributed by atoms with Gasteiger partial charge in [0.05, 0.1) is 0 Å². The van der Waals surface area contributed by atoms with Gasteiger partial charge in [-0.3, -0.25) is 0 Å². The summed E-state index contributed by atoms with van der Waals surface area (Å²) in [5.41, 5.74) is 0. The van der Waals surface area contributed by atoms with E-state index in [0.29, 0.717) is 0 Å². The predicted molar refractivity (Wildman–Crippen MR) is 66.0 cm³/mol. The molecule has 2 saturated carbocycles. The van der Waals surface area contributed by atoms with E-state index in [1.165, 1.54) is 51.4 Å². The van der Waals surface area contributed by atoms with Gasteiger partial charge >= 0.3 is 0 Å². The van der Waals surface area contributed by atoms with Crippen molar-refractivity contribution >= 4 is 0 Å². The fourth-order valence-corrected chi connectivity index (χ4v) is 3.25. The SMILES string of the molecule is CCCC1CC1NC(C)C1CCCCC1. The molecule has 0 amide bonds. The first-order valence-electron chi connectivity index (χ1n) is 7.07. The molecule has 1 N–H and O–H groups in total. The molecule has 2 fully saturated rings. The fraction of sp³-hybridized carbons (Fsp3) is 1.00. The first-order valence-corrected chi connectivity index (χ1v) is 7.07. The van der Waals surface area contributed by atoms with Crippen LogP contribution in [0.1, 0.15) is 65.2 Å². The van der Waals surface area contributed by atoms with Crippen LogP contribution in [-0.4, -0.2) is 12.1 Å². The second-order valence-corrected chi connectivity index (χ2v) is 5.74. The lowest BCUT2D eigenvalue weighted by atomic mass is 9.84. The summed E-state index contributed by atoms with van der Waals surface area (Å²) in [6.07, 6.45) is 11.6. The van der Waals surface area contributed by atoms with Crippen LogP contribution in [0, 0.1) is 11.8 Å². The van der Waals surface area contributed by atoms with Gasteiger partial charge < -0.3 is 5.32 Å². The summed E-state index contributed by atoms with van der Waals surface area (Å²) in [5, 5.41) is 3.86. The molecule has 0 aromatic heterocycles. The smallest absolute Gasteiger partial charge is 0.0102 e. The average Bonchev–Trinajstić information content (AvgIpc) is 2.98. The van der Waals surface area contributed by atoms with Gasteiger partial charge in [-0.05, 0) is 44.4 Å². The third-order valence-electron chi connectivity index (χ3n) is 4.42. The fourth-order valence-electron chi connectivity index (χ4n) is 3.25. The van der Waals surface area contributed by atoms with Gasteiger partial charge in [0.15, 0.2) is 0 Å². The molecule has 2 aliphatic rings. The van der Waals surface area contributed by atoms with Gasteiger partial charge in [0, 0.05) is 12.1 Å². The summed E-state index contributed by atoms with van der Waals surface area (Å²) in [6, 6.07) is 1.65. The highest BCUT2D eigenvalue weighted by Crippen LogP contribution is 2.36. The highest BCUT2D eigenvalue weighted by atomic mass is 15.0. The van der Waals surface area contributed by atoms with Gasteiger partial charge in [-0.15, -0.1) is 0 Å². The number of nitrogens with one attached hydrogen (secondary N) is 1. The topological polar surface area (TPSA) is 12.0 Å². The zero-order valence-electron chi connectivity index (χ0n) is 10.5. The molecule has 3 unspecified atom stereocenters. The summed E-state index contributed by atoms with van der Waals surface area (Å²) in [5.74, 6) is 1.99. The number of hydrogen-bond donors (Lipinski definition) is 1. The van der Waals surface area contributed by atoms with E-state index in [-0.39, 0.29) is 0 Å². The minimum Gasteiger partial charge on any atom is -0.311 e. The third-order valence-corrected chi connectivity index (χ3v) is 4.42. The summed E-state index contributed by atoms with van der Waals surface area (Å²) >= 11 is 0. The van der Waals surface area contributed by atoms with E-state index in [9.17, 15) is 0 Å². The largest absolute Gasteiger partial charge is 0.311 e. The van der Waals surface area contributed by atoms with Crippen molar-refractivity contribution < 1.29 is 0 Å². The summed E-state index contributed by atoms with van der Waals surface area (Å²) in [4.78, 5) is 0. The van der Waals surface area contributed by atoms with Gasteiger partial charge in [-0.1, -0.05) is 32.6 Å². The van der Waals surface area contributed by atoms with Crippen molar-refractivity contribution in [3.63, 3.8) is 0 Å². The van der Waals surface area contributed by atoms with Crippen molar-refractivity contribution in [1.82, 2.24) is 5.32 Å². The standard InChI is InChI=1S/C14H27N/c1-3-7-13-10-14(13)15-11(2)12-8-5-4-6-9-12/h11-15H,3-10H2,1-2H3. The van der Waals surface area contributed by atoms with Gasteiger partial charge in [0.1, 0.15) is 0 Å². The van der Waals surface area contributed by atoms with E-state index < -0.39 is 0 Å². The Morgan fingerprint density at radius 2 is 1.93 bits per heavy atom. The molecular weight excluding hydrogens is 182 g/mol. The minimum atomic E-state index is 0.775. The monoisotopic (exact) mass is 209 g/mol. The molecule has 2 rings (SSSR count). The molecule has 0 saturated heterocycles. The van der Waals surface area contributed by atoms with Gasteiger partial charge in [0.2, 0.25) is 0 Å². The van der Waals surface area contributed by atoms with Crippen LogP contribution in [0.3, 0.4) is 0 Å². The van der Waals surface area contributed by atoms with Crippen LogP contribution >= 0.6 is 0 Å². The van der Waals surface area contributed by atoms with Crippen molar-refractivity contribution in [2.24, 2.45) is 11.8 Å². The summed E-state index contributed by atoms with van der Waals surface area (Å²) in [6.45, 7) is 4.72. The Balaban J connectivity index is 1.66. The van der Waals surface area contributed by atoms with E-state index in [4.69, 9.17) is 0 Å². The van der Waals surface area contributed by atoms with E-state index in [2.05, 4.69) is 19.2 Å². The lowest BCUT2D eigenvalue weighted by Gasteiger charge is -2.28. The summed E-state index contributed by atoms with van der Waals surface area (Å²) < 4.78 is 0. The lowest BCUT2D eigenvalue weighted by Crippen LogP contribution is -2.36. The maximum Gasteiger partial charge on any atom is 0.0102 e. The van der Waals surface area contributed by atoms with E-state index in [1.807, 2.05) is 0 Å². The van der Waals surface area contributed by atoms with E-state index in [0.717, 1.165) is 23.9 Å². The Hall–Kier alpha value is -0.0400. The lowest BCUT2D eigenvalue weighted by molar-refractivity contribution is 0.277.